The van der Waals surface area contributed by atoms with Crippen LogP contribution in [0, 0.1) is 0 Å². The fourth-order valence-corrected chi connectivity index (χ4v) is 4.23. The van der Waals surface area contributed by atoms with Crippen LogP contribution in [0.5, 0.6) is 0 Å². The topological polar surface area (TPSA) is 121 Å². The minimum absolute atomic E-state index is 0.000447. The summed E-state index contributed by atoms with van der Waals surface area (Å²) in [6, 6.07) is 0.783. The molecule has 0 amide bonds. The predicted molar refractivity (Wildman–Crippen MR) is 109 cm³/mol. The van der Waals surface area contributed by atoms with Crippen LogP contribution in [0.25, 0.3) is 28.1 Å². The number of fused-ring (bicyclic) bond motifs is 2. The normalized spacial score (nSPS) is 12.5. The number of halogens is 3. The van der Waals surface area contributed by atoms with Crippen LogP contribution in [-0.4, -0.2) is 55.9 Å². The largest absolute Gasteiger partial charge is 0.462 e. The number of nitrogens with zero attached hydrogens (tertiary/aromatic N) is 6. The van der Waals surface area contributed by atoms with Crippen molar-refractivity contribution in [1.82, 2.24) is 29.1 Å². The molecule has 0 aliphatic rings. The first-order valence-corrected chi connectivity index (χ1v) is 11.3. The van der Waals surface area contributed by atoms with E-state index in [9.17, 15) is 26.4 Å². The molecule has 0 aliphatic carbocycles. The van der Waals surface area contributed by atoms with Gasteiger partial charge in [-0.05, 0) is 13.0 Å². The van der Waals surface area contributed by atoms with E-state index in [1.807, 2.05) is 0 Å². The van der Waals surface area contributed by atoms with Gasteiger partial charge in [-0.15, -0.1) is 0 Å². The first-order chi connectivity index (χ1) is 15.5. The minimum atomic E-state index is -4.67. The van der Waals surface area contributed by atoms with Crippen molar-refractivity contribution in [1.29, 1.82) is 0 Å². The first kappa shape index (κ1) is 22.6. The van der Waals surface area contributed by atoms with E-state index in [2.05, 4.69) is 20.1 Å². The molecule has 0 spiro atoms. The Bertz CT molecular complexity index is 1510. The minimum Gasteiger partial charge on any atom is -0.462 e. The summed E-state index contributed by atoms with van der Waals surface area (Å²) in [4.78, 5) is 23.9. The van der Waals surface area contributed by atoms with E-state index in [0.717, 1.165) is 16.8 Å². The number of carbonyl (C=O) groups excluding carboxylic acids is 1. The van der Waals surface area contributed by atoms with Gasteiger partial charge in [0, 0.05) is 19.4 Å². The van der Waals surface area contributed by atoms with Gasteiger partial charge in [-0.3, -0.25) is 0 Å². The molecule has 4 aromatic heterocycles. The maximum atomic E-state index is 13.1. The third kappa shape index (κ3) is 3.79. The predicted octanol–water partition coefficient (Wildman–Crippen LogP) is 2.67. The maximum absolute atomic E-state index is 13.1. The number of esters is 1. The summed E-state index contributed by atoms with van der Waals surface area (Å²) in [6.07, 6.45) is -1.18. The van der Waals surface area contributed by atoms with E-state index in [4.69, 9.17) is 4.74 Å². The Hall–Kier alpha value is -3.55. The Balaban J connectivity index is 2.01. The van der Waals surface area contributed by atoms with Gasteiger partial charge in [0.2, 0.25) is 0 Å². The highest BCUT2D eigenvalue weighted by Gasteiger charge is 2.34. The van der Waals surface area contributed by atoms with Crippen LogP contribution in [0.3, 0.4) is 0 Å². The molecule has 0 aromatic carbocycles. The molecule has 0 saturated heterocycles. The Morgan fingerprint density at radius 1 is 1.18 bits per heavy atom. The molecular formula is C19H17F3N6O4S. The molecule has 0 unspecified atom stereocenters. The van der Waals surface area contributed by atoms with Crippen LogP contribution >= 0.6 is 0 Å². The van der Waals surface area contributed by atoms with Crippen LogP contribution in [0.4, 0.5) is 13.2 Å². The number of pyridine rings is 1. The van der Waals surface area contributed by atoms with Gasteiger partial charge in [-0.25, -0.2) is 32.7 Å². The number of imidazole rings is 1. The van der Waals surface area contributed by atoms with Gasteiger partial charge in [0.05, 0.1) is 35.2 Å². The Morgan fingerprint density at radius 3 is 2.55 bits per heavy atom. The molecule has 0 radical (unpaired) electrons. The average Bonchev–Trinajstić information content (AvgIpc) is 3.30. The van der Waals surface area contributed by atoms with Gasteiger partial charge in [0.1, 0.15) is 17.1 Å². The van der Waals surface area contributed by atoms with Gasteiger partial charge in [-0.1, -0.05) is 6.92 Å². The number of hydrogen-bond acceptors (Lipinski definition) is 8. The van der Waals surface area contributed by atoms with Gasteiger partial charge >= 0.3 is 12.1 Å². The molecular weight excluding hydrogens is 465 g/mol. The average molecular weight is 482 g/mol. The van der Waals surface area contributed by atoms with Crippen molar-refractivity contribution >= 4 is 32.5 Å². The number of aryl methyl sites for hydroxylation is 1. The number of sulfone groups is 1. The van der Waals surface area contributed by atoms with Crippen LogP contribution < -0.4 is 0 Å². The van der Waals surface area contributed by atoms with Crippen LogP contribution in [0.15, 0.2) is 29.7 Å². The second-order valence-corrected chi connectivity index (χ2v) is 9.16. The Kier molecular flexibility index (Phi) is 5.35. The number of aromatic nitrogens is 6. The lowest BCUT2D eigenvalue weighted by atomic mass is 10.3. The van der Waals surface area contributed by atoms with Crippen LogP contribution in [0.2, 0.25) is 0 Å². The van der Waals surface area contributed by atoms with Crippen molar-refractivity contribution in [2.45, 2.75) is 25.0 Å². The zero-order valence-corrected chi connectivity index (χ0v) is 18.4. The van der Waals surface area contributed by atoms with Gasteiger partial charge in [0.25, 0.3) is 0 Å². The fraction of sp³-hybridized carbons (Fsp3) is 0.316. The van der Waals surface area contributed by atoms with Crippen molar-refractivity contribution in [2.24, 2.45) is 7.05 Å². The molecule has 4 rings (SSSR count). The molecule has 33 heavy (non-hydrogen) atoms. The maximum Gasteiger partial charge on any atom is 0.433 e. The van der Waals surface area contributed by atoms with Crippen molar-refractivity contribution < 1.29 is 31.1 Å². The number of alkyl halides is 3. The highest BCUT2D eigenvalue weighted by molar-refractivity contribution is 7.91. The van der Waals surface area contributed by atoms with E-state index < -0.39 is 27.7 Å². The third-order valence-electron chi connectivity index (χ3n) is 4.91. The van der Waals surface area contributed by atoms with Crippen molar-refractivity contribution in [3.63, 3.8) is 0 Å². The van der Waals surface area contributed by atoms with E-state index in [1.165, 1.54) is 30.9 Å². The van der Waals surface area contributed by atoms with E-state index in [1.54, 1.807) is 6.92 Å². The zero-order chi connectivity index (χ0) is 24.1. The first-order valence-electron chi connectivity index (χ1n) is 9.66. The Morgan fingerprint density at radius 2 is 1.91 bits per heavy atom. The quantitative estimate of drug-likeness (QED) is 0.398. The number of carbonyl (C=O) groups is 1. The van der Waals surface area contributed by atoms with Crippen molar-refractivity contribution in [3.8, 4) is 11.4 Å². The lowest BCUT2D eigenvalue weighted by molar-refractivity contribution is -0.141. The molecule has 0 saturated carbocycles. The second kappa shape index (κ2) is 7.79. The van der Waals surface area contributed by atoms with Gasteiger partial charge in [0.15, 0.2) is 20.5 Å². The van der Waals surface area contributed by atoms with Crippen LogP contribution in [0.1, 0.15) is 29.9 Å². The molecule has 10 nitrogen and oxygen atoms in total. The number of rotatable bonds is 5. The second-order valence-electron chi connectivity index (χ2n) is 6.97. The molecule has 0 aliphatic heterocycles. The third-order valence-corrected chi connectivity index (χ3v) is 6.54. The summed E-state index contributed by atoms with van der Waals surface area (Å²) >= 11 is 0. The standard InChI is InChI=1S/C19H17F3N6O4S/c1-4-32-18(29)10-7-24-15-14(17(26-28(15)9-10)33(30,31)5-2)16-25-11-6-13(19(20,21)22)23-8-12(11)27(16)3/h6-9H,4-5H2,1-3H3. The lowest BCUT2D eigenvalue weighted by Gasteiger charge is -2.05. The highest BCUT2D eigenvalue weighted by Crippen LogP contribution is 2.34. The molecule has 4 aromatic rings. The molecule has 14 heteroatoms. The molecule has 0 atom stereocenters. The summed E-state index contributed by atoms with van der Waals surface area (Å²) in [5.41, 5.74) is -0.810. The zero-order valence-electron chi connectivity index (χ0n) is 17.6. The SMILES string of the molecule is CCOC(=O)c1cnc2c(-c3nc4cc(C(F)(F)F)ncc4n3C)c(S(=O)(=O)CC)nn2c1. The summed E-state index contributed by atoms with van der Waals surface area (Å²) in [5, 5.41) is 3.75. The summed E-state index contributed by atoms with van der Waals surface area (Å²) in [5.74, 6) is -0.930. The smallest absolute Gasteiger partial charge is 0.433 e. The van der Waals surface area contributed by atoms with Gasteiger partial charge < -0.3 is 9.30 Å². The molecule has 0 bridgehead atoms. The summed E-state index contributed by atoms with van der Waals surface area (Å²) in [7, 11) is -2.39. The van der Waals surface area contributed by atoms with Gasteiger partial charge in [-0.2, -0.15) is 18.3 Å². The van der Waals surface area contributed by atoms with Crippen molar-refractivity contribution in [3.05, 3.63) is 35.9 Å². The van der Waals surface area contributed by atoms with E-state index >= 15 is 0 Å². The summed E-state index contributed by atoms with van der Waals surface area (Å²) < 4.78 is 72.3. The number of hydrogen-bond donors (Lipinski definition) is 0. The molecule has 174 valence electrons. The van der Waals surface area contributed by atoms with E-state index in [0.29, 0.717) is 0 Å². The van der Waals surface area contributed by atoms with Crippen molar-refractivity contribution in [2.75, 3.05) is 12.4 Å². The monoisotopic (exact) mass is 482 g/mol. The lowest BCUT2D eigenvalue weighted by Crippen LogP contribution is -2.08. The molecule has 0 fully saturated rings. The Labute approximate surface area is 185 Å². The van der Waals surface area contributed by atoms with E-state index in [-0.39, 0.29) is 51.0 Å². The summed E-state index contributed by atoms with van der Waals surface area (Å²) in [6.45, 7) is 3.19. The highest BCUT2D eigenvalue weighted by atomic mass is 32.2. The van der Waals surface area contributed by atoms with Crippen LogP contribution in [-0.2, 0) is 27.8 Å². The number of ether oxygens (including phenoxy) is 1. The molecule has 0 N–H and O–H groups in total. The fourth-order valence-electron chi connectivity index (χ4n) is 3.25. The molecule has 4 heterocycles.